The topological polar surface area (TPSA) is 67.8 Å². The largest absolute Gasteiger partial charge is 0.482 e. The average Bonchev–Trinajstić information content (AvgIpc) is 2.66. The quantitative estimate of drug-likeness (QED) is 0.486. The Labute approximate surface area is 162 Å². The molecule has 0 aliphatic heterocycles. The first-order chi connectivity index (χ1) is 13.0. The van der Waals surface area contributed by atoms with Crippen LogP contribution in [0.5, 0.6) is 5.75 Å². The Kier molecular flexibility index (Phi) is 8.07. The third kappa shape index (κ3) is 6.52. The third-order valence-electron chi connectivity index (χ3n) is 4.74. The lowest BCUT2D eigenvalue weighted by Crippen LogP contribution is -2.53. The highest BCUT2D eigenvalue weighted by Crippen LogP contribution is 2.26. The minimum absolute atomic E-state index is 0.0761. The summed E-state index contributed by atoms with van der Waals surface area (Å²) >= 11 is 0. The summed E-state index contributed by atoms with van der Waals surface area (Å²) in [5, 5.41) is 14.2. The summed E-state index contributed by atoms with van der Waals surface area (Å²) in [7, 11) is 0. The van der Waals surface area contributed by atoms with Gasteiger partial charge in [0.2, 0.25) is 0 Å². The van der Waals surface area contributed by atoms with Crippen LogP contribution in [-0.2, 0) is 16.0 Å². The van der Waals surface area contributed by atoms with Crippen LogP contribution in [0.4, 0.5) is 0 Å². The van der Waals surface area contributed by atoms with Crippen LogP contribution in [0.25, 0.3) is 0 Å². The number of carbonyl (C=O) groups excluding carboxylic acids is 1. The molecule has 0 radical (unpaired) electrons. The number of ether oxygens (including phenoxy) is 2. The zero-order valence-corrected chi connectivity index (χ0v) is 16.5. The number of hydrogen-bond donors (Lipinski definition) is 2. The number of benzene rings is 1. The Morgan fingerprint density at radius 1 is 1.26 bits per heavy atom. The molecule has 1 aromatic rings. The monoisotopic (exact) mass is 373 g/mol. The van der Waals surface area contributed by atoms with E-state index in [-0.39, 0.29) is 24.5 Å². The molecule has 1 unspecified atom stereocenters. The zero-order chi connectivity index (χ0) is 19.7. The molecule has 0 amide bonds. The van der Waals surface area contributed by atoms with Gasteiger partial charge < -0.3 is 14.6 Å². The second-order valence-corrected chi connectivity index (χ2v) is 6.91. The number of aliphatic hydroxyl groups is 1. The van der Waals surface area contributed by atoms with E-state index in [1.807, 2.05) is 42.5 Å². The predicted molar refractivity (Wildman–Crippen MR) is 106 cm³/mol. The standard InChI is InChI=1S/C22H31NO4/c1-4-19-8-6-7-15-22(19,25)23-17(3)9-10-18-11-13-20(14-12-18)27-16-21(24)26-5-2/h6-8,11-15,17,19,23,25H,4-5,9-10,16H2,1-3H3/t17-,19-,22?/m1/s1. The van der Waals surface area contributed by atoms with Crippen LogP contribution >= 0.6 is 0 Å². The first kappa shape index (κ1) is 21.2. The first-order valence-electron chi connectivity index (χ1n) is 9.70. The second-order valence-electron chi connectivity index (χ2n) is 6.91. The molecule has 0 saturated carbocycles. The molecule has 3 atom stereocenters. The van der Waals surface area contributed by atoms with E-state index in [4.69, 9.17) is 9.47 Å². The smallest absolute Gasteiger partial charge is 0.344 e. The van der Waals surface area contributed by atoms with E-state index < -0.39 is 5.72 Å². The summed E-state index contributed by atoms with van der Waals surface area (Å²) in [5.74, 6) is 0.370. The molecule has 1 aliphatic carbocycles. The number of aryl methyl sites for hydroxylation is 1. The van der Waals surface area contributed by atoms with Gasteiger partial charge in [0.15, 0.2) is 6.61 Å². The number of rotatable bonds is 10. The van der Waals surface area contributed by atoms with Crippen LogP contribution in [0.3, 0.4) is 0 Å². The highest BCUT2D eigenvalue weighted by Gasteiger charge is 2.33. The van der Waals surface area contributed by atoms with Crippen LogP contribution in [0, 0.1) is 5.92 Å². The fourth-order valence-electron chi connectivity index (χ4n) is 3.22. The minimum atomic E-state index is -0.978. The maximum atomic E-state index is 11.3. The minimum Gasteiger partial charge on any atom is -0.482 e. The molecule has 0 aromatic heterocycles. The molecule has 2 N–H and O–H groups in total. The van der Waals surface area contributed by atoms with Gasteiger partial charge in [0.1, 0.15) is 11.5 Å². The van der Waals surface area contributed by atoms with Crippen molar-refractivity contribution in [1.82, 2.24) is 5.32 Å². The predicted octanol–water partition coefficient (Wildman–Crippen LogP) is 3.38. The van der Waals surface area contributed by atoms with Gasteiger partial charge in [0.05, 0.1) is 6.61 Å². The van der Waals surface area contributed by atoms with Crippen LogP contribution in [0.15, 0.2) is 48.6 Å². The van der Waals surface area contributed by atoms with Crippen LogP contribution in [0.1, 0.15) is 39.2 Å². The van der Waals surface area contributed by atoms with Gasteiger partial charge in [-0.2, -0.15) is 0 Å². The van der Waals surface area contributed by atoms with Crippen molar-refractivity contribution in [2.45, 2.75) is 51.8 Å². The summed E-state index contributed by atoms with van der Waals surface area (Å²) < 4.78 is 10.2. The van der Waals surface area contributed by atoms with Crippen molar-refractivity contribution in [2.75, 3.05) is 13.2 Å². The molecule has 1 aliphatic rings. The van der Waals surface area contributed by atoms with Gasteiger partial charge in [0, 0.05) is 12.0 Å². The van der Waals surface area contributed by atoms with Crippen molar-refractivity contribution < 1.29 is 19.4 Å². The number of hydrogen-bond acceptors (Lipinski definition) is 5. The molecule has 0 bridgehead atoms. The maximum Gasteiger partial charge on any atom is 0.344 e. The molecule has 5 heteroatoms. The molecule has 148 valence electrons. The molecule has 0 spiro atoms. The highest BCUT2D eigenvalue weighted by atomic mass is 16.6. The van der Waals surface area contributed by atoms with Crippen molar-refractivity contribution in [1.29, 1.82) is 0 Å². The van der Waals surface area contributed by atoms with Crippen molar-refractivity contribution in [3.8, 4) is 5.75 Å². The Morgan fingerprint density at radius 2 is 2.00 bits per heavy atom. The van der Waals surface area contributed by atoms with E-state index in [0.29, 0.717) is 12.4 Å². The van der Waals surface area contributed by atoms with E-state index in [1.54, 1.807) is 6.92 Å². The Balaban J connectivity index is 1.79. The number of allylic oxidation sites excluding steroid dienone is 2. The van der Waals surface area contributed by atoms with E-state index >= 15 is 0 Å². The molecule has 0 fully saturated rings. The van der Waals surface area contributed by atoms with E-state index in [0.717, 1.165) is 19.3 Å². The molecule has 0 heterocycles. The summed E-state index contributed by atoms with van der Waals surface area (Å²) in [5.41, 5.74) is 0.207. The molecule has 27 heavy (non-hydrogen) atoms. The second kappa shape index (κ2) is 10.3. The van der Waals surface area contributed by atoms with Crippen molar-refractivity contribution in [3.63, 3.8) is 0 Å². The fraction of sp³-hybridized carbons (Fsp3) is 0.500. The van der Waals surface area contributed by atoms with Crippen LogP contribution < -0.4 is 10.1 Å². The van der Waals surface area contributed by atoms with E-state index in [9.17, 15) is 9.90 Å². The van der Waals surface area contributed by atoms with Crippen molar-refractivity contribution in [3.05, 3.63) is 54.1 Å². The molecule has 5 nitrogen and oxygen atoms in total. The van der Waals surface area contributed by atoms with Crippen LogP contribution in [-0.4, -0.2) is 36.1 Å². The van der Waals surface area contributed by atoms with Gasteiger partial charge in [-0.05, 0) is 56.9 Å². The molecule has 0 saturated heterocycles. The molecule has 2 rings (SSSR count). The maximum absolute atomic E-state index is 11.3. The van der Waals surface area contributed by atoms with E-state index in [1.165, 1.54) is 5.56 Å². The molecular weight excluding hydrogens is 342 g/mol. The molecular formula is C22H31NO4. The summed E-state index contributed by atoms with van der Waals surface area (Å²) in [4.78, 5) is 11.3. The lowest BCUT2D eigenvalue weighted by atomic mass is 9.88. The SMILES string of the molecule is CCOC(=O)COc1ccc(CC[C@@H](C)NC2(O)C=CC=C[C@H]2CC)cc1. The Bertz CT molecular complexity index is 653. The number of carbonyl (C=O) groups is 1. The highest BCUT2D eigenvalue weighted by molar-refractivity contribution is 5.71. The summed E-state index contributed by atoms with van der Waals surface area (Å²) in [6.07, 6.45) is 10.4. The van der Waals surface area contributed by atoms with Gasteiger partial charge >= 0.3 is 5.97 Å². The van der Waals surface area contributed by atoms with Crippen LogP contribution in [0.2, 0.25) is 0 Å². The van der Waals surface area contributed by atoms with Gasteiger partial charge in [0.25, 0.3) is 0 Å². The van der Waals surface area contributed by atoms with Crippen molar-refractivity contribution >= 4 is 5.97 Å². The fourth-order valence-corrected chi connectivity index (χ4v) is 3.22. The van der Waals surface area contributed by atoms with Crippen molar-refractivity contribution in [2.24, 2.45) is 5.92 Å². The Hall–Kier alpha value is -2.11. The van der Waals surface area contributed by atoms with Gasteiger partial charge in [-0.25, -0.2) is 4.79 Å². The first-order valence-corrected chi connectivity index (χ1v) is 9.70. The Morgan fingerprint density at radius 3 is 2.67 bits per heavy atom. The third-order valence-corrected chi connectivity index (χ3v) is 4.74. The van der Waals surface area contributed by atoms with Gasteiger partial charge in [-0.15, -0.1) is 0 Å². The zero-order valence-electron chi connectivity index (χ0n) is 16.5. The summed E-state index contributed by atoms with van der Waals surface area (Å²) in [6.45, 7) is 6.22. The summed E-state index contributed by atoms with van der Waals surface area (Å²) in [6, 6.07) is 7.89. The van der Waals surface area contributed by atoms with E-state index in [2.05, 4.69) is 25.2 Å². The van der Waals surface area contributed by atoms with Gasteiger partial charge in [-0.3, -0.25) is 5.32 Å². The average molecular weight is 373 g/mol. The lowest BCUT2D eigenvalue weighted by Gasteiger charge is -2.36. The molecule has 1 aromatic carbocycles. The normalized spacial score (nSPS) is 22.4. The number of nitrogens with one attached hydrogen (secondary N) is 1. The number of esters is 1. The lowest BCUT2D eigenvalue weighted by molar-refractivity contribution is -0.145. The van der Waals surface area contributed by atoms with Gasteiger partial charge in [-0.1, -0.05) is 37.3 Å².